The second-order valence-electron chi connectivity index (χ2n) is 9.37. The maximum atomic E-state index is 12.7. The average molecular weight is 523 g/mol. The third kappa shape index (κ3) is 6.66. The van der Waals surface area contributed by atoms with Gasteiger partial charge in [-0.15, -0.1) is 6.58 Å². The molecule has 0 aliphatic carbocycles. The Hall–Kier alpha value is -3.01. The minimum atomic E-state index is -3.68. The van der Waals surface area contributed by atoms with Crippen LogP contribution in [0.2, 0.25) is 0 Å². The molecule has 196 valence electrons. The molecule has 1 saturated heterocycles. The van der Waals surface area contributed by atoms with E-state index >= 15 is 0 Å². The van der Waals surface area contributed by atoms with Gasteiger partial charge in [-0.2, -0.15) is 0 Å². The molecule has 3 aromatic rings. The molecule has 0 unspecified atom stereocenters. The van der Waals surface area contributed by atoms with E-state index in [9.17, 15) is 13.5 Å². The molecule has 1 aliphatic rings. The lowest BCUT2D eigenvalue weighted by molar-refractivity contribution is -0.275. The largest absolute Gasteiger partial charge is 0.392 e. The Bertz CT molecular complexity index is 1260. The number of rotatable bonds is 10. The second kappa shape index (κ2) is 12.0. The molecule has 1 heterocycles. The summed E-state index contributed by atoms with van der Waals surface area (Å²) in [4.78, 5) is 2.36. The standard InChI is InChI=1S/C29H34N2O5S/c1-4-18-31(3)19-27-21(2)28(23-12-10-22(20-32)11-13-23)36-29(35-27)24-14-16-25(17-15-24)30-37(33,34)26-8-6-5-7-9-26/h4-17,21,27-30,32H,1,18-20H2,2-3H3/t21-,27+,28+,29+/m1/s1. The third-order valence-corrected chi connectivity index (χ3v) is 7.94. The summed E-state index contributed by atoms with van der Waals surface area (Å²) in [6.07, 6.45) is 0.912. The van der Waals surface area contributed by atoms with Gasteiger partial charge in [-0.05, 0) is 42.4 Å². The first-order valence-corrected chi connectivity index (χ1v) is 13.8. The van der Waals surface area contributed by atoms with Crippen molar-refractivity contribution in [3.63, 3.8) is 0 Å². The fraction of sp³-hybridized carbons (Fsp3) is 0.310. The molecular weight excluding hydrogens is 488 g/mol. The monoisotopic (exact) mass is 522 g/mol. The molecule has 0 spiro atoms. The van der Waals surface area contributed by atoms with E-state index in [-0.39, 0.29) is 29.6 Å². The maximum absolute atomic E-state index is 12.7. The normalized spacial score (nSPS) is 22.1. The van der Waals surface area contributed by atoms with Crippen LogP contribution in [0.25, 0.3) is 0 Å². The molecule has 0 radical (unpaired) electrons. The summed E-state index contributed by atoms with van der Waals surface area (Å²) in [5.41, 5.74) is 3.11. The molecule has 4 rings (SSSR count). The van der Waals surface area contributed by atoms with Crippen molar-refractivity contribution >= 4 is 15.7 Å². The van der Waals surface area contributed by atoms with Gasteiger partial charge in [0.1, 0.15) is 0 Å². The molecule has 0 bridgehead atoms. The van der Waals surface area contributed by atoms with Crippen LogP contribution in [-0.4, -0.2) is 44.7 Å². The van der Waals surface area contributed by atoms with E-state index in [1.54, 1.807) is 42.5 Å². The van der Waals surface area contributed by atoms with Crippen LogP contribution in [0, 0.1) is 5.92 Å². The molecule has 1 fully saturated rings. The molecule has 3 aromatic carbocycles. The zero-order valence-electron chi connectivity index (χ0n) is 21.2. The molecule has 0 saturated carbocycles. The Morgan fingerprint density at radius 1 is 0.973 bits per heavy atom. The highest BCUT2D eigenvalue weighted by atomic mass is 32.2. The van der Waals surface area contributed by atoms with Gasteiger partial charge >= 0.3 is 0 Å². The number of nitrogens with zero attached hydrogens (tertiary/aromatic N) is 1. The second-order valence-corrected chi connectivity index (χ2v) is 11.1. The maximum Gasteiger partial charge on any atom is 0.261 e. The number of sulfonamides is 1. The first kappa shape index (κ1) is 27.0. The molecule has 0 aromatic heterocycles. The van der Waals surface area contributed by atoms with Crippen molar-refractivity contribution < 1.29 is 23.0 Å². The Morgan fingerprint density at radius 2 is 1.62 bits per heavy atom. The first-order chi connectivity index (χ1) is 17.8. The lowest BCUT2D eigenvalue weighted by Crippen LogP contribution is -2.43. The molecular formula is C29H34N2O5S. The number of benzene rings is 3. The summed E-state index contributed by atoms with van der Waals surface area (Å²) in [5.74, 6) is 0.0699. The van der Waals surface area contributed by atoms with Gasteiger partial charge in [-0.1, -0.05) is 67.6 Å². The first-order valence-electron chi connectivity index (χ1n) is 12.3. The van der Waals surface area contributed by atoms with Gasteiger partial charge < -0.3 is 19.5 Å². The van der Waals surface area contributed by atoms with E-state index in [1.807, 2.05) is 49.5 Å². The number of ether oxygens (including phenoxy) is 2. The zero-order chi connectivity index (χ0) is 26.4. The lowest BCUT2D eigenvalue weighted by atomic mass is 9.90. The smallest absolute Gasteiger partial charge is 0.261 e. The van der Waals surface area contributed by atoms with Crippen LogP contribution in [0.15, 0.2) is 96.4 Å². The van der Waals surface area contributed by atoms with Gasteiger partial charge in [-0.3, -0.25) is 4.72 Å². The van der Waals surface area contributed by atoms with E-state index in [0.29, 0.717) is 12.2 Å². The number of aliphatic hydroxyl groups is 1. The number of aliphatic hydroxyl groups excluding tert-OH is 1. The van der Waals surface area contributed by atoms with Crippen LogP contribution < -0.4 is 4.72 Å². The van der Waals surface area contributed by atoms with E-state index in [4.69, 9.17) is 9.47 Å². The van der Waals surface area contributed by atoms with Gasteiger partial charge in [0.15, 0.2) is 6.29 Å². The van der Waals surface area contributed by atoms with Crippen molar-refractivity contribution in [1.82, 2.24) is 4.90 Å². The predicted molar refractivity (Wildman–Crippen MR) is 144 cm³/mol. The van der Waals surface area contributed by atoms with E-state index in [2.05, 4.69) is 23.1 Å². The van der Waals surface area contributed by atoms with E-state index in [1.165, 1.54) is 0 Å². The highest BCUT2D eigenvalue weighted by Gasteiger charge is 2.38. The van der Waals surface area contributed by atoms with Gasteiger partial charge in [0.05, 0.1) is 23.7 Å². The van der Waals surface area contributed by atoms with Crippen LogP contribution >= 0.6 is 0 Å². The summed E-state index contributed by atoms with van der Waals surface area (Å²) in [7, 11) is -1.65. The van der Waals surface area contributed by atoms with Crippen LogP contribution in [0.1, 0.15) is 36.0 Å². The number of hydrogen-bond donors (Lipinski definition) is 2. The highest BCUT2D eigenvalue weighted by Crippen LogP contribution is 2.42. The Labute approximate surface area is 219 Å². The quantitative estimate of drug-likeness (QED) is 0.369. The molecule has 2 N–H and O–H groups in total. The summed E-state index contributed by atoms with van der Waals surface area (Å²) < 4.78 is 40.9. The van der Waals surface area contributed by atoms with Crippen LogP contribution in [-0.2, 0) is 26.1 Å². The number of nitrogens with one attached hydrogen (secondary N) is 1. The number of hydrogen-bond acceptors (Lipinski definition) is 6. The van der Waals surface area contributed by atoms with Crippen molar-refractivity contribution in [2.75, 3.05) is 24.9 Å². The molecule has 4 atom stereocenters. The SMILES string of the molecule is C=CCN(C)C[C@@H]1O[C@H](c2ccc(NS(=O)(=O)c3ccccc3)cc2)O[C@H](c2ccc(CO)cc2)[C@@H]1C. The van der Waals surface area contributed by atoms with E-state index < -0.39 is 16.3 Å². The molecule has 1 aliphatic heterocycles. The van der Waals surface area contributed by atoms with Crippen molar-refractivity contribution in [3.05, 3.63) is 108 Å². The van der Waals surface area contributed by atoms with Crippen LogP contribution in [0.3, 0.4) is 0 Å². The van der Waals surface area contributed by atoms with Crippen molar-refractivity contribution in [2.45, 2.75) is 36.9 Å². The summed E-state index contributed by atoms with van der Waals surface area (Å²) in [6, 6.07) is 23.1. The highest BCUT2D eigenvalue weighted by molar-refractivity contribution is 7.92. The summed E-state index contributed by atoms with van der Waals surface area (Å²) in [5, 5.41) is 9.42. The topological polar surface area (TPSA) is 88.1 Å². The van der Waals surface area contributed by atoms with Crippen molar-refractivity contribution in [1.29, 1.82) is 0 Å². The fourth-order valence-electron chi connectivity index (χ4n) is 4.45. The van der Waals surface area contributed by atoms with Gasteiger partial charge in [0.2, 0.25) is 0 Å². The van der Waals surface area contributed by atoms with Crippen LogP contribution in [0.5, 0.6) is 0 Å². The number of anilines is 1. The lowest BCUT2D eigenvalue weighted by Gasteiger charge is -2.42. The zero-order valence-corrected chi connectivity index (χ0v) is 22.0. The van der Waals surface area contributed by atoms with Gasteiger partial charge in [-0.25, -0.2) is 8.42 Å². The Kier molecular flexibility index (Phi) is 8.79. The summed E-state index contributed by atoms with van der Waals surface area (Å²) in [6.45, 7) is 7.38. The Morgan fingerprint density at radius 3 is 2.24 bits per heavy atom. The van der Waals surface area contributed by atoms with Crippen molar-refractivity contribution in [3.8, 4) is 0 Å². The van der Waals surface area contributed by atoms with E-state index in [0.717, 1.165) is 23.2 Å². The molecule has 0 amide bonds. The average Bonchev–Trinajstić information content (AvgIpc) is 2.91. The van der Waals surface area contributed by atoms with Gasteiger partial charge in [0.25, 0.3) is 10.0 Å². The minimum Gasteiger partial charge on any atom is -0.392 e. The molecule has 8 heteroatoms. The third-order valence-electron chi connectivity index (χ3n) is 6.54. The minimum absolute atomic E-state index is 0.0115. The molecule has 7 nitrogen and oxygen atoms in total. The fourth-order valence-corrected chi connectivity index (χ4v) is 5.53. The Balaban J connectivity index is 1.56. The molecule has 37 heavy (non-hydrogen) atoms. The predicted octanol–water partition coefficient (Wildman–Crippen LogP) is 4.89. The van der Waals surface area contributed by atoms with Gasteiger partial charge in [0, 0.05) is 30.3 Å². The van der Waals surface area contributed by atoms with Crippen LogP contribution in [0.4, 0.5) is 5.69 Å². The van der Waals surface area contributed by atoms with Crippen molar-refractivity contribution in [2.24, 2.45) is 5.92 Å². The summed E-state index contributed by atoms with van der Waals surface area (Å²) >= 11 is 0. The number of likely N-dealkylation sites (N-methyl/N-ethyl adjacent to an activating group) is 1.